The van der Waals surface area contributed by atoms with E-state index in [2.05, 4.69) is 37.6 Å². The van der Waals surface area contributed by atoms with Gasteiger partial charge in [0.15, 0.2) is 0 Å². The van der Waals surface area contributed by atoms with Crippen molar-refractivity contribution in [3.63, 3.8) is 0 Å². The average molecular weight is 443 g/mol. The zero-order chi connectivity index (χ0) is 19.7. The molecule has 7 heteroatoms. The van der Waals surface area contributed by atoms with E-state index in [1.54, 1.807) is 0 Å². The maximum Gasteiger partial charge on any atom is 0.267 e. The second-order valence-electron chi connectivity index (χ2n) is 7.84. The number of carbonyl (C=O) groups is 2. The van der Waals surface area contributed by atoms with Gasteiger partial charge in [-0.2, -0.15) is 5.26 Å². The number of H-pyrrole nitrogens is 1. The number of nitrogens with zero attached hydrogens (tertiary/aromatic N) is 1. The van der Waals surface area contributed by atoms with Gasteiger partial charge < -0.3 is 15.6 Å². The first-order chi connectivity index (χ1) is 13.5. The molecule has 1 heterocycles. The number of nitriles is 1. The van der Waals surface area contributed by atoms with Crippen molar-refractivity contribution in [3.05, 3.63) is 34.4 Å². The first-order valence-corrected chi connectivity index (χ1v) is 10.6. The molecule has 0 spiro atoms. The fourth-order valence-electron chi connectivity index (χ4n) is 4.03. The largest absolute Gasteiger partial charge is 0.351 e. The van der Waals surface area contributed by atoms with Crippen LogP contribution < -0.4 is 10.6 Å². The molecule has 3 N–H and O–H groups in total. The van der Waals surface area contributed by atoms with E-state index in [0.717, 1.165) is 53.9 Å². The third-order valence-electron chi connectivity index (χ3n) is 5.78. The molecule has 2 aliphatic rings. The lowest BCUT2D eigenvalue weighted by atomic mass is 9.83. The van der Waals surface area contributed by atoms with Crippen LogP contribution in [0.4, 0.5) is 0 Å². The van der Waals surface area contributed by atoms with E-state index >= 15 is 0 Å². The standard InChI is InChI=1S/C21H23BrN4O2/c22-14-7-8-16-13(9-14)10-18(24-16)21(28)25-17-4-2-1-3-15(17)20(27)26-19(11-23)12-5-6-12/h7-10,12,15,17,19,24H,1-6H2,(H,25,28)(H,26,27). The summed E-state index contributed by atoms with van der Waals surface area (Å²) < 4.78 is 0.956. The topological polar surface area (TPSA) is 97.8 Å². The van der Waals surface area contributed by atoms with Crippen molar-refractivity contribution in [2.24, 2.45) is 11.8 Å². The van der Waals surface area contributed by atoms with Crippen molar-refractivity contribution in [2.75, 3.05) is 0 Å². The summed E-state index contributed by atoms with van der Waals surface area (Å²) in [5, 5.41) is 16.2. The first-order valence-electron chi connectivity index (χ1n) is 9.84. The zero-order valence-electron chi connectivity index (χ0n) is 15.5. The van der Waals surface area contributed by atoms with E-state index in [4.69, 9.17) is 0 Å². The van der Waals surface area contributed by atoms with Crippen molar-refractivity contribution in [3.8, 4) is 6.07 Å². The lowest BCUT2D eigenvalue weighted by Crippen LogP contribution is -2.50. The molecule has 0 bridgehead atoms. The Bertz CT molecular complexity index is 944. The van der Waals surface area contributed by atoms with Crippen LogP contribution in [-0.4, -0.2) is 28.9 Å². The molecule has 2 aromatic rings. The monoisotopic (exact) mass is 442 g/mol. The van der Waals surface area contributed by atoms with Crippen molar-refractivity contribution in [2.45, 2.75) is 50.6 Å². The van der Waals surface area contributed by atoms with Gasteiger partial charge in [-0.05, 0) is 55.9 Å². The molecule has 0 aliphatic heterocycles. The van der Waals surface area contributed by atoms with Crippen molar-refractivity contribution in [1.29, 1.82) is 5.26 Å². The van der Waals surface area contributed by atoms with Crippen molar-refractivity contribution < 1.29 is 9.59 Å². The number of benzene rings is 1. The van der Waals surface area contributed by atoms with Crippen LogP contribution in [0.5, 0.6) is 0 Å². The van der Waals surface area contributed by atoms with Crippen LogP contribution >= 0.6 is 15.9 Å². The normalized spacial score (nSPS) is 23.0. The molecule has 3 unspecified atom stereocenters. The molecule has 0 radical (unpaired) electrons. The highest BCUT2D eigenvalue weighted by Crippen LogP contribution is 2.33. The van der Waals surface area contributed by atoms with Crippen molar-refractivity contribution in [1.82, 2.24) is 15.6 Å². The SMILES string of the molecule is N#CC(NC(=O)C1CCCCC1NC(=O)c1cc2cc(Br)ccc2[nH]1)C1CC1. The molecule has 1 aromatic heterocycles. The fraction of sp³-hybridized carbons (Fsp3) is 0.476. The molecule has 3 atom stereocenters. The molecule has 2 amide bonds. The quantitative estimate of drug-likeness (QED) is 0.658. The Morgan fingerprint density at radius 3 is 2.71 bits per heavy atom. The van der Waals surface area contributed by atoms with E-state index in [9.17, 15) is 14.9 Å². The number of aromatic amines is 1. The van der Waals surface area contributed by atoms with Crippen LogP contribution in [0.1, 0.15) is 49.0 Å². The molecule has 6 nitrogen and oxygen atoms in total. The molecule has 0 saturated heterocycles. The minimum Gasteiger partial charge on any atom is -0.351 e. The maximum absolute atomic E-state index is 12.8. The van der Waals surface area contributed by atoms with Gasteiger partial charge in [0.25, 0.3) is 5.91 Å². The molecule has 2 saturated carbocycles. The van der Waals surface area contributed by atoms with Crippen LogP contribution in [-0.2, 0) is 4.79 Å². The predicted molar refractivity (Wildman–Crippen MR) is 109 cm³/mol. The molecule has 146 valence electrons. The van der Waals surface area contributed by atoms with Crippen LogP contribution in [0.3, 0.4) is 0 Å². The Morgan fingerprint density at radius 2 is 1.96 bits per heavy atom. The van der Waals surface area contributed by atoms with Gasteiger partial charge in [0.1, 0.15) is 11.7 Å². The summed E-state index contributed by atoms with van der Waals surface area (Å²) in [6.07, 6.45) is 5.46. The van der Waals surface area contributed by atoms with Gasteiger partial charge in [-0.3, -0.25) is 9.59 Å². The smallest absolute Gasteiger partial charge is 0.267 e. The molecule has 4 rings (SSSR count). The maximum atomic E-state index is 12.8. The van der Waals surface area contributed by atoms with Crippen LogP contribution in [0.15, 0.2) is 28.7 Å². The Hall–Kier alpha value is -2.33. The molecule has 2 fully saturated rings. The van der Waals surface area contributed by atoms with Crippen molar-refractivity contribution >= 4 is 38.6 Å². The number of carbonyl (C=O) groups excluding carboxylic acids is 2. The minimum absolute atomic E-state index is 0.107. The summed E-state index contributed by atoms with van der Waals surface area (Å²) in [5.74, 6) is -0.304. The Labute approximate surface area is 172 Å². The van der Waals surface area contributed by atoms with Crippen LogP contribution in [0.2, 0.25) is 0 Å². The second kappa shape index (κ2) is 7.96. The highest BCUT2D eigenvalue weighted by molar-refractivity contribution is 9.10. The molecule has 28 heavy (non-hydrogen) atoms. The van der Waals surface area contributed by atoms with Crippen LogP contribution in [0.25, 0.3) is 10.9 Å². The number of halogens is 1. The van der Waals surface area contributed by atoms with Gasteiger partial charge in [-0.1, -0.05) is 28.8 Å². The van der Waals surface area contributed by atoms with Gasteiger partial charge in [-0.15, -0.1) is 0 Å². The van der Waals surface area contributed by atoms with E-state index in [1.165, 1.54) is 0 Å². The van der Waals surface area contributed by atoms with Gasteiger partial charge in [0, 0.05) is 21.4 Å². The van der Waals surface area contributed by atoms with E-state index in [-0.39, 0.29) is 29.7 Å². The lowest BCUT2D eigenvalue weighted by molar-refractivity contribution is -0.127. The summed E-state index contributed by atoms with van der Waals surface area (Å²) in [4.78, 5) is 28.7. The molecular weight excluding hydrogens is 420 g/mol. The Balaban J connectivity index is 1.45. The number of hydrogen-bond donors (Lipinski definition) is 3. The molecule has 2 aliphatic carbocycles. The van der Waals surface area contributed by atoms with Gasteiger partial charge >= 0.3 is 0 Å². The predicted octanol–water partition coefficient (Wildman–Crippen LogP) is 3.64. The summed E-state index contributed by atoms with van der Waals surface area (Å²) >= 11 is 3.44. The number of aromatic nitrogens is 1. The Morgan fingerprint density at radius 1 is 1.18 bits per heavy atom. The number of rotatable bonds is 5. The summed E-state index contributed by atoms with van der Waals surface area (Å²) in [7, 11) is 0. The zero-order valence-corrected chi connectivity index (χ0v) is 17.1. The number of nitrogens with one attached hydrogen (secondary N) is 3. The minimum atomic E-state index is -0.405. The summed E-state index contributed by atoms with van der Waals surface area (Å²) in [6.45, 7) is 0. The third-order valence-corrected chi connectivity index (χ3v) is 6.27. The third kappa shape index (κ3) is 4.07. The number of amides is 2. The van der Waals surface area contributed by atoms with Gasteiger partial charge in [-0.25, -0.2) is 0 Å². The first kappa shape index (κ1) is 19.0. The van der Waals surface area contributed by atoms with Gasteiger partial charge in [0.2, 0.25) is 5.91 Å². The van der Waals surface area contributed by atoms with Crippen LogP contribution in [0, 0.1) is 23.2 Å². The summed E-state index contributed by atoms with van der Waals surface area (Å²) in [6, 6.07) is 9.22. The molecular formula is C21H23BrN4O2. The fourth-order valence-corrected chi connectivity index (χ4v) is 4.41. The number of fused-ring (bicyclic) bond motifs is 1. The van der Waals surface area contributed by atoms with E-state index in [0.29, 0.717) is 5.69 Å². The van der Waals surface area contributed by atoms with Gasteiger partial charge in [0.05, 0.1) is 12.0 Å². The Kier molecular flexibility index (Phi) is 5.40. The highest BCUT2D eigenvalue weighted by atomic mass is 79.9. The molecule has 1 aromatic carbocycles. The average Bonchev–Trinajstić information content (AvgIpc) is 3.45. The van der Waals surface area contributed by atoms with E-state index < -0.39 is 6.04 Å². The number of hydrogen-bond acceptors (Lipinski definition) is 3. The highest BCUT2D eigenvalue weighted by Gasteiger charge is 2.37. The van der Waals surface area contributed by atoms with E-state index in [1.807, 2.05) is 24.3 Å². The second-order valence-corrected chi connectivity index (χ2v) is 8.75. The summed E-state index contributed by atoms with van der Waals surface area (Å²) in [5.41, 5.74) is 1.39. The lowest BCUT2D eigenvalue weighted by Gasteiger charge is -2.31.